The monoisotopic (exact) mass is 235 g/mol. The zero-order valence-corrected chi connectivity index (χ0v) is 9.33. The highest BCUT2D eigenvalue weighted by molar-refractivity contribution is 6.67. The molecular weight excluding hydrogens is 226 g/mol. The number of nitrogens with zero attached hydrogens (tertiary/aromatic N) is 1. The van der Waals surface area contributed by atoms with Gasteiger partial charge in [-0.2, -0.15) is 0 Å². The highest BCUT2D eigenvalue weighted by Crippen LogP contribution is 2.33. The Bertz CT molecular complexity index is 461. The van der Waals surface area contributed by atoms with E-state index in [9.17, 15) is 4.79 Å². The van der Waals surface area contributed by atoms with Gasteiger partial charge in [0.15, 0.2) is 0 Å². The molecule has 0 heterocycles. The van der Waals surface area contributed by atoms with Crippen LogP contribution in [-0.4, -0.2) is 11.8 Å². The molecule has 1 aliphatic carbocycles. The number of hydrogen-bond donors (Lipinski definition) is 0. The lowest BCUT2D eigenvalue weighted by molar-refractivity contribution is 0.108. The summed E-state index contributed by atoms with van der Waals surface area (Å²) in [6.45, 7) is 7.66. The summed E-state index contributed by atoms with van der Waals surface area (Å²) < 4.78 is 5.52. The minimum absolute atomic E-state index is 0.325. The fraction of sp³-hybridized carbons (Fsp3) is 0.333. The zero-order valence-electron chi connectivity index (χ0n) is 8.57. The lowest BCUT2D eigenvalue weighted by Gasteiger charge is -2.07. The second-order valence-corrected chi connectivity index (χ2v) is 4.17. The van der Waals surface area contributed by atoms with Gasteiger partial charge in [-0.3, -0.25) is 4.79 Å². The minimum atomic E-state index is -0.557. The zero-order chi connectivity index (χ0) is 11.5. The highest BCUT2D eigenvalue weighted by atomic mass is 35.5. The highest BCUT2D eigenvalue weighted by Gasteiger charge is 2.22. The number of carbonyl (C=O) groups excluding carboxylic acids is 1. The number of ether oxygens (including phenoxy) is 1. The van der Waals surface area contributed by atoms with Gasteiger partial charge in [0.25, 0.3) is 5.24 Å². The van der Waals surface area contributed by atoms with Gasteiger partial charge in [-0.25, -0.2) is 4.85 Å². The first-order valence-corrected chi connectivity index (χ1v) is 5.42. The molecule has 0 atom stereocenters. The second-order valence-electron chi connectivity index (χ2n) is 3.82. The van der Waals surface area contributed by atoms with Crippen LogP contribution in [0.1, 0.15) is 23.2 Å². The van der Waals surface area contributed by atoms with Crippen LogP contribution in [0.2, 0.25) is 0 Å². The topological polar surface area (TPSA) is 30.7 Å². The summed E-state index contributed by atoms with van der Waals surface area (Å²) in [5.41, 5.74) is 0.665. The van der Waals surface area contributed by atoms with Crippen LogP contribution in [-0.2, 0) is 0 Å². The molecule has 0 aliphatic heterocycles. The number of hydrogen-bond acceptors (Lipinski definition) is 2. The van der Waals surface area contributed by atoms with Crippen molar-refractivity contribution < 1.29 is 9.53 Å². The molecule has 2 rings (SSSR count). The fourth-order valence-corrected chi connectivity index (χ4v) is 1.46. The Labute approximate surface area is 98.8 Å². The van der Waals surface area contributed by atoms with Crippen LogP contribution in [0.3, 0.4) is 0 Å². The van der Waals surface area contributed by atoms with Crippen molar-refractivity contribution >= 4 is 22.5 Å². The van der Waals surface area contributed by atoms with Gasteiger partial charge < -0.3 is 4.74 Å². The van der Waals surface area contributed by atoms with E-state index in [1.54, 1.807) is 12.1 Å². The maximum absolute atomic E-state index is 10.9. The molecule has 1 aromatic carbocycles. The summed E-state index contributed by atoms with van der Waals surface area (Å²) in [5, 5.41) is -0.557. The largest absolute Gasteiger partial charge is 0.504 e. The van der Waals surface area contributed by atoms with Gasteiger partial charge >= 0.3 is 0 Å². The maximum atomic E-state index is 10.9. The van der Waals surface area contributed by atoms with Crippen molar-refractivity contribution in [3.8, 4) is 5.75 Å². The van der Waals surface area contributed by atoms with Crippen molar-refractivity contribution in [2.24, 2.45) is 5.92 Å². The van der Waals surface area contributed by atoms with Crippen LogP contribution in [0.4, 0.5) is 5.69 Å². The lowest BCUT2D eigenvalue weighted by atomic mass is 10.2. The molecule has 0 radical (unpaired) electrons. The van der Waals surface area contributed by atoms with E-state index in [1.807, 2.05) is 0 Å². The average Bonchev–Trinajstić information content (AvgIpc) is 3.09. The second kappa shape index (κ2) is 4.54. The molecule has 16 heavy (non-hydrogen) atoms. The predicted molar refractivity (Wildman–Crippen MR) is 61.1 cm³/mol. The summed E-state index contributed by atoms with van der Waals surface area (Å²) >= 11 is 5.34. The molecule has 0 bridgehead atoms. The Kier molecular flexibility index (Phi) is 3.12. The third-order valence-corrected chi connectivity index (χ3v) is 2.70. The van der Waals surface area contributed by atoms with E-state index in [-0.39, 0.29) is 0 Å². The van der Waals surface area contributed by atoms with Gasteiger partial charge in [-0.1, -0.05) is 0 Å². The standard InChI is InChI=1S/C12H10ClNO2/c1-14-10-6-9(12(13)15)4-5-11(10)16-7-8-2-3-8/h4-6,8H,2-3,7H2. The van der Waals surface area contributed by atoms with Crippen molar-refractivity contribution in [1.82, 2.24) is 0 Å². The Morgan fingerprint density at radius 3 is 2.88 bits per heavy atom. The van der Waals surface area contributed by atoms with E-state index in [0.29, 0.717) is 29.5 Å². The molecule has 0 unspecified atom stereocenters. The Balaban J connectivity index is 2.17. The predicted octanol–water partition coefficient (Wildman–Crippen LogP) is 3.41. The first-order chi connectivity index (χ1) is 7.70. The normalized spacial score (nSPS) is 14.2. The summed E-state index contributed by atoms with van der Waals surface area (Å²) in [5.74, 6) is 1.16. The number of carbonyl (C=O) groups is 1. The first kappa shape index (κ1) is 11.0. The molecule has 0 saturated heterocycles. The van der Waals surface area contributed by atoms with Crippen LogP contribution < -0.4 is 4.74 Å². The molecule has 82 valence electrons. The van der Waals surface area contributed by atoms with Crippen molar-refractivity contribution in [2.45, 2.75) is 12.8 Å². The van der Waals surface area contributed by atoms with Crippen LogP contribution >= 0.6 is 11.6 Å². The van der Waals surface area contributed by atoms with E-state index >= 15 is 0 Å². The van der Waals surface area contributed by atoms with Gasteiger partial charge in [0.05, 0.1) is 13.2 Å². The maximum Gasteiger partial charge on any atom is 0.251 e. The first-order valence-electron chi connectivity index (χ1n) is 5.05. The summed E-state index contributed by atoms with van der Waals surface area (Å²) in [6, 6.07) is 4.67. The Hall–Kier alpha value is -1.53. The Morgan fingerprint density at radius 1 is 1.56 bits per heavy atom. The summed E-state index contributed by atoms with van der Waals surface area (Å²) in [6.07, 6.45) is 2.40. The fourth-order valence-electron chi connectivity index (χ4n) is 1.34. The van der Waals surface area contributed by atoms with Crippen LogP contribution in [0.25, 0.3) is 4.85 Å². The number of benzene rings is 1. The molecular formula is C12H10ClNO2. The molecule has 0 spiro atoms. The van der Waals surface area contributed by atoms with Crippen LogP contribution in [0.5, 0.6) is 5.75 Å². The smallest absolute Gasteiger partial charge is 0.251 e. The third-order valence-electron chi connectivity index (χ3n) is 2.48. The van der Waals surface area contributed by atoms with Gasteiger partial charge in [0, 0.05) is 5.56 Å². The van der Waals surface area contributed by atoms with E-state index < -0.39 is 5.24 Å². The number of halogens is 1. The molecule has 0 N–H and O–H groups in total. The number of rotatable bonds is 4. The molecule has 3 nitrogen and oxygen atoms in total. The van der Waals surface area contributed by atoms with Crippen molar-refractivity contribution in [3.63, 3.8) is 0 Å². The summed E-state index contributed by atoms with van der Waals surface area (Å²) in [7, 11) is 0. The Morgan fingerprint density at radius 2 is 2.31 bits per heavy atom. The van der Waals surface area contributed by atoms with Gasteiger partial charge in [0.1, 0.15) is 5.75 Å². The van der Waals surface area contributed by atoms with E-state index in [0.717, 1.165) is 0 Å². The molecule has 1 aromatic rings. The van der Waals surface area contributed by atoms with E-state index in [4.69, 9.17) is 22.9 Å². The van der Waals surface area contributed by atoms with Crippen molar-refractivity contribution in [1.29, 1.82) is 0 Å². The van der Waals surface area contributed by atoms with E-state index in [1.165, 1.54) is 18.9 Å². The summed E-state index contributed by atoms with van der Waals surface area (Å²) in [4.78, 5) is 14.2. The lowest BCUT2D eigenvalue weighted by Crippen LogP contribution is -1.99. The average molecular weight is 236 g/mol. The van der Waals surface area contributed by atoms with Crippen LogP contribution in [0.15, 0.2) is 18.2 Å². The van der Waals surface area contributed by atoms with Crippen LogP contribution in [0, 0.1) is 12.5 Å². The SMILES string of the molecule is [C-]#[N+]c1cc(C(=O)Cl)ccc1OCC1CC1. The molecule has 1 saturated carbocycles. The molecule has 0 amide bonds. The van der Waals surface area contributed by atoms with E-state index in [2.05, 4.69) is 4.85 Å². The van der Waals surface area contributed by atoms with Gasteiger partial charge in [0.2, 0.25) is 5.69 Å². The van der Waals surface area contributed by atoms with Gasteiger partial charge in [-0.05, 0) is 48.6 Å². The quantitative estimate of drug-likeness (QED) is 0.592. The van der Waals surface area contributed by atoms with Crippen molar-refractivity contribution in [2.75, 3.05) is 6.61 Å². The molecule has 0 aromatic heterocycles. The molecule has 4 heteroatoms. The molecule has 1 aliphatic rings. The third kappa shape index (κ3) is 2.53. The van der Waals surface area contributed by atoms with Gasteiger partial charge in [-0.15, -0.1) is 0 Å². The van der Waals surface area contributed by atoms with Crippen molar-refractivity contribution in [3.05, 3.63) is 35.2 Å². The molecule has 1 fully saturated rings. The minimum Gasteiger partial charge on any atom is -0.504 e.